The number of aromatic nitrogens is 2. The number of nitrogens with two attached hydrogens (primary N) is 1. The molecule has 1 aromatic rings. The number of nitrogen functional groups attached to an aromatic ring is 1. The third kappa shape index (κ3) is 1.63. The maximum Gasteiger partial charge on any atom is 0.160 e. The van der Waals surface area contributed by atoms with Gasteiger partial charge in [0.1, 0.15) is 5.82 Å². The monoisotopic (exact) mass is 193 g/mol. The fourth-order valence-corrected chi connectivity index (χ4v) is 1.84. The SMILES string of the molecule is CC1CCCN1c1cncc(NN)n1. The third-order valence-electron chi connectivity index (χ3n) is 2.62. The second-order valence-electron chi connectivity index (χ2n) is 3.59. The molecule has 0 aromatic carbocycles. The average Bonchev–Trinajstić information content (AvgIpc) is 2.65. The van der Waals surface area contributed by atoms with E-state index in [9.17, 15) is 0 Å². The molecule has 2 rings (SSSR count). The fourth-order valence-electron chi connectivity index (χ4n) is 1.84. The van der Waals surface area contributed by atoms with Crippen molar-refractivity contribution in [3.8, 4) is 0 Å². The molecule has 76 valence electrons. The minimum Gasteiger partial charge on any atom is -0.353 e. The van der Waals surface area contributed by atoms with Crippen LogP contribution in [0.4, 0.5) is 11.6 Å². The maximum absolute atomic E-state index is 5.28. The van der Waals surface area contributed by atoms with Crippen molar-refractivity contribution in [1.82, 2.24) is 9.97 Å². The summed E-state index contributed by atoms with van der Waals surface area (Å²) in [5.74, 6) is 6.80. The molecule has 1 aromatic heterocycles. The van der Waals surface area contributed by atoms with Crippen molar-refractivity contribution in [2.24, 2.45) is 5.84 Å². The zero-order valence-corrected chi connectivity index (χ0v) is 8.27. The van der Waals surface area contributed by atoms with E-state index in [-0.39, 0.29) is 0 Å². The first kappa shape index (κ1) is 9.21. The highest BCUT2D eigenvalue weighted by Crippen LogP contribution is 2.23. The molecule has 1 aliphatic rings. The van der Waals surface area contributed by atoms with E-state index in [1.54, 1.807) is 12.4 Å². The molecular weight excluding hydrogens is 178 g/mol. The Balaban J connectivity index is 2.22. The first-order chi connectivity index (χ1) is 6.81. The van der Waals surface area contributed by atoms with Crippen LogP contribution in [-0.4, -0.2) is 22.6 Å². The van der Waals surface area contributed by atoms with E-state index in [2.05, 4.69) is 27.2 Å². The molecule has 0 amide bonds. The molecule has 0 spiro atoms. The zero-order valence-electron chi connectivity index (χ0n) is 8.27. The molecule has 1 aliphatic heterocycles. The first-order valence-electron chi connectivity index (χ1n) is 4.86. The van der Waals surface area contributed by atoms with Crippen LogP contribution < -0.4 is 16.2 Å². The summed E-state index contributed by atoms with van der Waals surface area (Å²) in [6, 6.07) is 0.553. The zero-order chi connectivity index (χ0) is 9.97. The number of nitrogens with zero attached hydrogens (tertiary/aromatic N) is 3. The lowest BCUT2D eigenvalue weighted by molar-refractivity contribution is 0.725. The Labute approximate surface area is 83.3 Å². The largest absolute Gasteiger partial charge is 0.353 e. The lowest BCUT2D eigenvalue weighted by Gasteiger charge is -2.22. The van der Waals surface area contributed by atoms with Crippen molar-refractivity contribution in [2.75, 3.05) is 16.9 Å². The van der Waals surface area contributed by atoms with Crippen molar-refractivity contribution in [2.45, 2.75) is 25.8 Å². The lowest BCUT2D eigenvalue weighted by Crippen LogP contribution is -2.27. The van der Waals surface area contributed by atoms with Crippen LogP contribution in [0.25, 0.3) is 0 Å². The fraction of sp³-hybridized carbons (Fsp3) is 0.556. The number of hydrazine groups is 1. The van der Waals surface area contributed by atoms with E-state index in [4.69, 9.17) is 5.84 Å². The van der Waals surface area contributed by atoms with Crippen LogP contribution in [0, 0.1) is 0 Å². The van der Waals surface area contributed by atoms with E-state index in [1.165, 1.54) is 12.8 Å². The molecule has 0 aliphatic carbocycles. The Hall–Kier alpha value is -1.36. The number of nitrogens with one attached hydrogen (secondary N) is 1. The summed E-state index contributed by atoms with van der Waals surface area (Å²) in [5.41, 5.74) is 2.51. The van der Waals surface area contributed by atoms with Crippen LogP contribution in [-0.2, 0) is 0 Å². The molecule has 2 heterocycles. The Morgan fingerprint density at radius 1 is 1.57 bits per heavy atom. The molecular formula is C9H15N5. The molecule has 0 radical (unpaired) electrons. The minimum absolute atomic E-state index is 0.553. The Kier molecular flexibility index (Phi) is 2.49. The second-order valence-corrected chi connectivity index (χ2v) is 3.59. The Morgan fingerprint density at radius 2 is 2.43 bits per heavy atom. The highest BCUT2D eigenvalue weighted by atomic mass is 15.3. The van der Waals surface area contributed by atoms with Gasteiger partial charge in [0.2, 0.25) is 0 Å². The number of anilines is 2. The van der Waals surface area contributed by atoms with Crippen molar-refractivity contribution >= 4 is 11.6 Å². The average molecular weight is 193 g/mol. The number of hydrogen-bond acceptors (Lipinski definition) is 5. The maximum atomic E-state index is 5.28. The Morgan fingerprint density at radius 3 is 3.07 bits per heavy atom. The van der Waals surface area contributed by atoms with E-state index >= 15 is 0 Å². The summed E-state index contributed by atoms with van der Waals surface area (Å²) in [7, 11) is 0. The minimum atomic E-state index is 0.553. The van der Waals surface area contributed by atoms with Gasteiger partial charge in [-0.1, -0.05) is 0 Å². The quantitative estimate of drug-likeness (QED) is 0.536. The highest BCUT2D eigenvalue weighted by Gasteiger charge is 2.21. The van der Waals surface area contributed by atoms with Gasteiger partial charge in [-0.3, -0.25) is 4.98 Å². The van der Waals surface area contributed by atoms with Gasteiger partial charge in [-0.05, 0) is 19.8 Å². The van der Waals surface area contributed by atoms with Gasteiger partial charge in [0, 0.05) is 12.6 Å². The smallest absolute Gasteiger partial charge is 0.160 e. The molecule has 3 N–H and O–H groups in total. The molecule has 1 unspecified atom stereocenters. The van der Waals surface area contributed by atoms with Crippen molar-refractivity contribution < 1.29 is 0 Å². The van der Waals surface area contributed by atoms with Gasteiger partial charge in [0.05, 0.1) is 12.4 Å². The normalized spacial score (nSPS) is 21.3. The molecule has 0 bridgehead atoms. The van der Waals surface area contributed by atoms with Gasteiger partial charge >= 0.3 is 0 Å². The Bertz CT molecular complexity index is 314. The van der Waals surface area contributed by atoms with Crippen LogP contribution in [0.2, 0.25) is 0 Å². The van der Waals surface area contributed by atoms with Crippen molar-refractivity contribution in [3.05, 3.63) is 12.4 Å². The van der Waals surface area contributed by atoms with Crippen molar-refractivity contribution in [3.63, 3.8) is 0 Å². The molecule has 1 fully saturated rings. The molecule has 1 atom stereocenters. The number of rotatable bonds is 2. The highest BCUT2D eigenvalue weighted by molar-refractivity contribution is 5.44. The molecule has 14 heavy (non-hydrogen) atoms. The van der Waals surface area contributed by atoms with Gasteiger partial charge in [0.15, 0.2) is 5.82 Å². The van der Waals surface area contributed by atoms with E-state index < -0.39 is 0 Å². The summed E-state index contributed by atoms with van der Waals surface area (Å²) in [4.78, 5) is 10.7. The summed E-state index contributed by atoms with van der Waals surface area (Å²) < 4.78 is 0. The van der Waals surface area contributed by atoms with Gasteiger partial charge in [-0.25, -0.2) is 10.8 Å². The first-order valence-corrected chi connectivity index (χ1v) is 4.86. The molecule has 5 nitrogen and oxygen atoms in total. The van der Waals surface area contributed by atoms with Crippen molar-refractivity contribution in [1.29, 1.82) is 0 Å². The van der Waals surface area contributed by atoms with Crippen LogP contribution in [0.1, 0.15) is 19.8 Å². The van der Waals surface area contributed by atoms with Crippen LogP contribution in [0.3, 0.4) is 0 Å². The summed E-state index contributed by atoms with van der Waals surface area (Å²) >= 11 is 0. The van der Waals surface area contributed by atoms with E-state index in [0.29, 0.717) is 11.9 Å². The third-order valence-corrected chi connectivity index (χ3v) is 2.62. The predicted molar refractivity (Wildman–Crippen MR) is 55.9 cm³/mol. The summed E-state index contributed by atoms with van der Waals surface area (Å²) in [5, 5.41) is 0. The van der Waals surface area contributed by atoms with Crippen LogP contribution in [0.5, 0.6) is 0 Å². The van der Waals surface area contributed by atoms with Crippen LogP contribution >= 0.6 is 0 Å². The second kappa shape index (κ2) is 3.79. The van der Waals surface area contributed by atoms with Crippen LogP contribution in [0.15, 0.2) is 12.4 Å². The topological polar surface area (TPSA) is 67.1 Å². The summed E-state index contributed by atoms with van der Waals surface area (Å²) in [6.07, 6.45) is 5.85. The predicted octanol–water partition coefficient (Wildman–Crippen LogP) is 0.751. The molecule has 1 saturated heterocycles. The molecule has 5 heteroatoms. The van der Waals surface area contributed by atoms with Gasteiger partial charge < -0.3 is 10.3 Å². The van der Waals surface area contributed by atoms with Gasteiger partial charge in [-0.2, -0.15) is 0 Å². The van der Waals surface area contributed by atoms with E-state index in [1.807, 2.05) is 0 Å². The van der Waals surface area contributed by atoms with Gasteiger partial charge in [0.25, 0.3) is 0 Å². The summed E-state index contributed by atoms with van der Waals surface area (Å²) in [6.45, 7) is 3.26. The number of hydrogen-bond donors (Lipinski definition) is 2. The lowest BCUT2D eigenvalue weighted by atomic mass is 10.2. The van der Waals surface area contributed by atoms with Gasteiger partial charge in [-0.15, -0.1) is 0 Å². The standard InChI is InChI=1S/C9H15N5/c1-7-3-2-4-14(7)9-6-11-5-8(12-9)13-10/h5-7H,2-4,10H2,1H3,(H,12,13). The molecule has 0 saturated carbocycles. The van der Waals surface area contributed by atoms with E-state index in [0.717, 1.165) is 12.4 Å².